The van der Waals surface area contributed by atoms with Crippen molar-refractivity contribution in [3.8, 4) is 17.0 Å². The predicted octanol–water partition coefficient (Wildman–Crippen LogP) is 4.63. The molecule has 1 aromatic heterocycles. The van der Waals surface area contributed by atoms with Gasteiger partial charge in [0.2, 0.25) is 0 Å². The van der Waals surface area contributed by atoms with Crippen LogP contribution in [0.4, 0.5) is 10.8 Å². The average molecular weight is 426 g/mol. The number of nitrogens with one attached hydrogen (secondary N) is 1. The van der Waals surface area contributed by atoms with Gasteiger partial charge in [-0.1, -0.05) is 23.7 Å². The lowest BCUT2D eigenvalue weighted by Gasteiger charge is -2.28. The van der Waals surface area contributed by atoms with Crippen LogP contribution in [0.2, 0.25) is 5.02 Å². The van der Waals surface area contributed by atoms with E-state index in [0.29, 0.717) is 39.4 Å². The number of amides is 2. The molecule has 0 unspecified atom stereocenters. The summed E-state index contributed by atoms with van der Waals surface area (Å²) in [6.45, 7) is 4.12. The highest BCUT2D eigenvalue weighted by Gasteiger charge is 2.25. The number of ether oxygens (including phenoxy) is 1. The number of aromatic nitrogens is 1. The van der Waals surface area contributed by atoms with E-state index in [0.717, 1.165) is 5.56 Å². The zero-order valence-corrected chi connectivity index (χ0v) is 16.8. The number of thiazole rings is 1. The van der Waals surface area contributed by atoms with E-state index in [2.05, 4.69) is 16.9 Å². The summed E-state index contributed by atoms with van der Waals surface area (Å²) in [5.41, 5.74) is 2.64. The summed E-state index contributed by atoms with van der Waals surface area (Å²) < 4.78 is 5.51. The van der Waals surface area contributed by atoms with E-state index < -0.39 is 0 Å². The molecule has 0 saturated heterocycles. The summed E-state index contributed by atoms with van der Waals surface area (Å²) in [6, 6.07) is 12.3. The molecule has 3 aromatic rings. The van der Waals surface area contributed by atoms with Crippen LogP contribution in [0.15, 0.2) is 60.5 Å². The number of anilines is 2. The lowest BCUT2D eigenvalue weighted by Crippen LogP contribution is -2.38. The lowest BCUT2D eigenvalue weighted by atomic mass is 10.1. The molecule has 4 rings (SSSR count). The monoisotopic (exact) mass is 425 g/mol. The molecule has 0 atom stereocenters. The number of hydrogen-bond donors (Lipinski definition) is 1. The number of rotatable bonds is 5. The molecule has 2 heterocycles. The molecule has 1 aliphatic rings. The highest BCUT2D eigenvalue weighted by molar-refractivity contribution is 7.14. The molecule has 0 saturated carbocycles. The molecular weight excluding hydrogens is 410 g/mol. The van der Waals surface area contributed by atoms with E-state index in [9.17, 15) is 9.59 Å². The zero-order chi connectivity index (χ0) is 20.4. The van der Waals surface area contributed by atoms with Gasteiger partial charge in [0.15, 0.2) is 11.7 Å². The van der Waals surface area contributed by atoms with Crippen LogP contribution >= 0.6 is 22.9 Å². The third-order valence-corrected chi connectivity index (χ3v) is 5.31. The van der Waals surface area contributed by atoms with E-state index in [1.807, 2.05) is 23.6 Å². The fraction of sp³-hybridized carbons (Fsp3) is 0.0952. The van der Waals surface area contributed by atoms with Crippen molar-refractivity contribution < 1.29 is 14.3 Å². The number of hydrogen-bond acceptors (Lipinski definition) is 5. The summed E-state index contributed by atoms with van der Waals surface area (Å²) in [5.74, 6) is 0.234. The van der Waals surface area contributed by atoms with Gasteiger partial charge >= 0.3 is 0 Å². The van der Waals surface area contributed by atoms with Crippen LogP contribution in [0.5, 0.6) is 5.75 Å². The first-order valence-corrected chi connectivity index (χ1v) is 10.0. The molecule has 2 amide bonds. The Kier molecular flexibility index (Phi) is 5.33. The third kappa shape index (κ3) is 4.01. The highest BCUT2D eigenvalue weighted by Crippen LogP contribution is 2.36. The average Bonchev–Trinajstić information content (AvgIpc) is 3.18. The van der Waals surface area contributed by atoms with Crippen LogP contribution in [0.25, 0.3) is 11.3 Å². The van der Waals surface area contributed by atoms with Gasteiger partial charge in [0.05, 0.1) is 11.4 Å². The van der Waals surface area contributed by atoms with Gasteiger partial charge in [-0.05, 0) is 36.4 Å². The topological polar surface area (TPSA) is 71.5 Å². The number of carbonyl (C=O) groups excluding carboxylic acids is 2. The van der Waals surface area contributed by atoms with Crippen LogP contribution in [-0.2, 0) is 4.79 Å². The minimum atomic E-state index is -0.282. The molecule has 29 heavy (non-hydrogen) atoms. The molecule has 1 N–H and O–H groups in total. The third-order valence-electron chi connectivity index (χ3n) is 4.32. The summed E-state index contributed by atoms with van der Waals surface area (Å²) in [5, 5.41) is 5.59. The lowest BCUT2D eigenvalue weighted by molar-refractivity contribution is -0.121. The number of nitrogens with zero attached hydrogens (tertiary/aromatic N) is 2. The van der Waals surface area contributed by atoms with Crippen LogP contribution < -0.4 is 15.0 Å². The first-order valence-electron chi connectivity index (χ1n) is 8.76. The van der Waals surface area contributed by atoms with Gasteiger partial charge in [0.25, 0.3) is 11.8 Å². The quantitative estimate of drug-likeness (QED) is 0.605. The zero-order valence-electron chi connectivity index (χ0n) is 15.2. The Morgan fingerprint density at radius 3 is 3.00 bits per heavy atom. The van der Waals surface area contributed by atoms with Crippen molar-refractivity contribution in [2.24, 2.45) is 0 Å². The van der Waals surface area contributed by atoms with Crippen molar-refractivity contribution in [2.45, 2.75) is 0 Å². The van der Waals surface area contributed by atoms with Gasteiger partial charge in [-0.25, -0.2) is 4.98 Å². The Bertz CT molecular complexity index is 1110. The molecule has 2 aromatic carbocycles. The smallest absolute Gasteiger partial charge is 0.265 e. The van der Waals surface area contributed by atoms with Gasteiger partial charge in [-0.3, -0.25) is 14.9 Å². The Hall–Kier alpha value is -3.16. The standard InChI is InChI=1S/C21H16ClN3O3S/c1-2-8-25-17-10-13(6-7-18(17)28-11-19(25)26)16-12-29-21(23-16)24-20(27)14-4-3-5-15(22)9-14/h2-7,9-10,12H,1,8,11H2,(H,23,24,27). The second-order valence-electron chi connectivity index (χ2n) is 6.27. The summed E-state index contributed by atoms with van der Waals surface area (Å²) in [7, 11) is 0. The van der Waals surface area contributed by atoms with Crippen molar-refractivity contribution in [1.82, 2.24) is 4.98 Å². The fourth-order valence-corrected chi connectivity index (χ4v) is 3.86. The molecule has 0 fully saturated rings. The number of benzene rings is 2. The number of carbonyl (C=O) groups is 2. The maximum absolute atomic E-state index is 12.4. The van der Waals surface area contributed by atoms with Gasteiger partial charge in [-0.2, -0.15) is 0 Å². The van der Waals surface area contributed by atoms with Gasteiger partial charge < -0.3 is 9.64 Å². The Morgan fingerprint density at radius 1 is 1.34 bits per heavy atom. The van der Waals surface area contributed by atoms with Crippen LogP contribution in [0.3, 0.4) is 0 Å². The van der Waals surface area contributed by atoms with Crippen LogP contribution in [-0.4, -0.2) is 29.9 Å². The molecule has 0 aliphatic carbocycles. The first-order chi connectivity index (χ1) is 14.0. The Morgan fingerprint density at radius 2 is 2.21 bits per heavy atom. The van der Waals surface area contributed by atoms with Gasteiger partial charge in [0.1, 0.15) is 5.75 Å². The molecule has 146 valence electrons. The normalized spacial score (nSPS) is 12.9. The van der Waals surface area contributed by atoms with Crippen molar-refractivity contribution in [2.75, 3.05) is 23.4 Å². The maximum Gasteiger partial charge on any atom is 0.265 e. The minimum absolute atomic E-state index is 0.0105. The van der Waals surface area contributed by atoms with Crippen molar-refractivity contribution in [1.29, 1.82) is 0 Å². The molecular formula is C21H16ClN3O3S. The van der Waals surface area contributed by atoms with Crippen molar-refractivity contribution in [3.63, 3.8) is 0 Å². The Labute approximate surface area is 176 Å². The van der Waals surface area contributed by atoms with E-state index in [1.165, 1.54) is 11.3 Å². The largest absolute Gasteiger partial charge is 0.482 e. The second kappa shape index (κ2) is 8.06. The molecule has 1 aliphatic heterocycles. The van der Waals surface area contributed by atoms with Crippen LogP contribution in [0.1, 0.15) is 10.4 Å². The Balaban J connectivity index is 1.57. The fourth-order valence-electron chi connectivity index (χ4n) is 2.95. The number of fused-ring (bicyclic) bond motifs is 1. The van der Waals surface area contributed by atoms with E-state index in [-0.39, 0.29) is 18.4 Å². The van der Waals surface area contributed by atoms with Crippen molar-refractivity contribution >= 4 is 45.6 Å². The highest BCUT2D eigenvalue weighted by atomic mass is 35.5. The summed E-state index contributed by atoms with van der Waals surface area (Å²) >= 11 is 7.26. The second-order valence-corrected chi connectivity index (χ2v) is 7.56. The first kappa shape index (κ1) is 19.2. The summed E-state index contributed by atoms with van der Waals surface area (Å²) in [6.07, 6.45) is 1.67. The number of halogens is 1. The minimum Gasteiger partial charge on any atom is -0.482 e. The van der Waals surface area contributed by atoms with Crippen LogP contribution in [0, 0.1) is 0 Å². The molecule has 8 heteroatoms. The summed E-state index contributed by atoms with van der Waals surface area (Å²) in [4.78, 5) is 30.7. The molecule has 0 spiro atoms. The van der Waals surface area contributed by atoms with E-state index in [1.54, 1.807) is 35.2 Å². The predicted molar refractivity (Wildman–Crippen MR) is 115 cm³/mol. The van der Waals surface area contributed by atoms with E-state index in [4.69, 9.17) is 16.3 Å². The molecule has 0 radical (unpaired) electrons. The van der Waals surface area contributed by atoms with Crippen molar-refractivity contribution in [3.05, 3.63) is 71.1 Å². The maximum atomic E-state index is 12.4. The van der Waals surface area contributed by atoms with Gasteiger partial charge in [0, 0.05) is 28.1 Å². The van der Waals surface area contributed by atoms with Gasteiger partial charge in [-0.15, -0.1) is 17.9 Å². The molecule has 0 bridgehead atoms. The SMILES string of the molecule is C=CCN1C(=O)COc2ccc(-c3csc(NC(=O)c4cccc(Cl)c4)n3)cc21. The van der Waals surface area contributed by atoms with E-state index >= 15 is 0 Å². The molecule has 6 nitrogen and oxygen atoms in total.